The van der Waals surface area contributed by atoms with E-state index in [2.05, 4.69) is 20.9 Å². The van der Waals surface area contributed by atoms with Crippen molar-refractivity contribution in [1.82, 2.24) is 4.98 Å². The molecule has 6 heteroatoms. The second kappa shape index (κ2) is 5.67. The molecule has 0 aliphatic heterocycles. The molecule has 0 saturated carbocycles. The fourth-order valence-corrected chi connectivity index (χ4v) is 2.11. The highest BCUT2D eigenvalue weighted by molar-refractivity contribution is 9.10. The largest absolute Gasteiger partial charge is 0.504 e. The topological polar surface area (TPSA) is 50.2 Å². The standard InChI is InChI=1S/C13H8BrClFNO2/c14-9-4-3-7(11(16)12(9)19)6-10(18)8-2-1-5-17-13(8)15/h1-5,19H,6H2. The fourth-order valence-electron chi connectivity index (χ4n) is 1.58. The summed E-state index contributed by atoms with van der Waals surface area (Å²) in [5.74, 6) is -1.69. The zero-order valence-electron chi connectivity index (χ0n) is 9.53. The van der Waals surface area contributed by atoms with Crippen LogP contribution in [-0.4, -0.2) is 15.9 Å². The molecule has 2 aromatic rings. The van der Waals surface area contributed by atoms with Crippen molar-refractivity contribution in [3.05, 3.63) is 57.0 Å². The molecule has 1 N–H and O–H groups in total. The van der Waals surface area contributed by atoms with Gasteiger partial charge in [-0.25, -0.2) is 9.37 Å². The highest BCUT2D eigenvalue weighted by Gasteiger charge is 2.17. The molecule has 0 aliphatic carbocycles. The smallest absolute Gasteiger partial charge is 0.170 e. The average Bonchev–Trinajstić information content (AvgIpc) is 2.40. The van der Waals surface area contributed by atoms with Gasteiger partial charge >= 0.3 is 0 Å². The summed E-state index contributed by atoms with van der Waals surface area (Å²) in [4.78, 5) is 15.8. The third-order valence-electron chi connectivity index (χ3n) is 2.56. The maximum absolute atomic E-state index is 13.8. The molecular weight excluding hydrogens is 337 g/mol. The van der Waals surface area contributed by atoms with Crippen LogP contribution in [0.1, 0.15) is 15.9 Å². The van der Waals surface area contributed by atoms with Gasteiger partial charge in [0.25, 0.3) is 0 Å². The van der Waals surface area contributed by atoms with E-state index in [9.17, 15) is 14.3 Å². The number of aromatic hydroxyl groups is 1. The van der Waals surface area contributed by atoms with Crippen LogP contribution >= 0.6 is 27.5 Å². The Bertz CT molecular complexity index is 649. The summed E-state index contributed by atoms with van der Waals surface area (Å²) >= 11 is 8.80. The molecule has 1 aromatic carbocycles. The maximum Gasteiger partial charge on any atom is 0.170 e. The third kappa shape index (κ3) is 2.93. The predicted molar refractivity (Wildman–Crippen MR) is 73.0 cm³/mol. The van der Waals surface area contributed by atoms with E-state index in [4.69, 9.17) is 11.6 Å². The lowest BCUT2D eigenvalue weighted by Gasteiger charge is -2.06. The van der Waals surface area contributed by atoms with Gasteiger partial charge in [0.1, 0.15) is 5.15 Å². The van der Waals surface area contributed by atoms with Crippen molar-refractivity contribution in [2.45, 2.75) is 6.42 Å². The molecule has 1 aromatic heterocycles. The van der Waals surface area contributed by atoms with Crippen LogP contribution in [0.15, 0.2) is 34.9 Å². The molecule has 0 saturated heterocycles. The monoisotopic (exact) mass is 343 g/mol. The van der Waals surface area contributed by atoms with Crippen LogP contribution in [0, 0.1) is 5.82 Å². The number of halogens is 3. The van der Waals surface area contributed by atoms with Crippen LogP contribution in [0.4, 0.5) is 4.39 Å². The van der Waals surface area contributed by atoms with Crippen LogP contribution in [0.25, 0.3) is 0 Å². The van der Waals surface area contributed by atoms with Gasteiger partial charge in [0.05, 0.1) is 10.0 Å². The van der Waals surface area contributed by atoms with Gasteiger partial charge in [0, 0.05) is 12.6 Å². The second-order valence-corrected chi connectivity index (χ2v) is 5.02. The zero-order chi connectivity index (χ0) is 14.0. The normalized spacial score (nSPS) is 10.5. The van der Waals surface area contributed by atoms with Crippen molar-refractivity contribution in [3.63, 3.8) is 0 Å². The molecule has 1 heterocycles. The first-order valence-corrected chi connectivity index (χ1v) is 6.47. The minimum atomic E-state index is -0.817. The van der Waals surface area contributed by atoms with Crippen molar-refractivity contribution < 1.29 is 14.3 Å². The minimum absolute atomic E-state index is 0.0780. The third-order valence-corrected chi connectivity index (χ3v) is 3.50. The first-order valence-electron chi connectivity index (χ1n) is 5.30. The Labute approximate surface area is 122 Å². The molecule has 0 amide bonds. The number of hydrogen-bond acceptors (Lipinski definition) is 3. The number of phenols is 1. The minimum Gasteiger partial charge on any atom is -0.504 e. The van der Waals surface area contributed by atoms with Gasteiger partial charge in [-0.05, 0) is 39.7 Å². The number of pyridine rings is 1. The highest BCUT2D eigenvalue weighted by atomic mass is 79.9. The number of aromatic nitrogens is 1. The number of hydrogen-bond donors (Lipinski definition) is 1. The number of carbonyl (C=O) groups excluding carboxylic acids is 1. The lowest BCUT2D eigenvalue weighted by Crippen LogP contribution is -2.06. The summed E-state index contributed by atoms with van der Waals surface area (Å²) in [6.45, 7) is 0. The number of nitrogens with zero attached hydrogens (tertiary/aromatic N) is 1. The van der Waals surface area contributed by atoms with Crippen molar-refractivity contribution in [2.24, 2.45) is 0 Å². The Hall–Kier alpha value is -1.46. The molecule has 0 bridgehead atoms. The molecule has 0 fully saturated rings. The lowest BCUT2D eigenvalue weighted by atomic mass is 10.0. The molecule has 0 unspecified atom stereocenters. The van der Waals surface area contributed by atoms with E-state index in [1.54, 1.807) is 6.07 Å². The summed E-state index contributed by atoms with van der Waals surface area (Å²) in [6, 6.07) is 6.01. The van der Waals surface area contributed by atoms with Crippen molar-refractivity contribution in [3.8, 4) is 5.75 Å². The Morgan fingerprint density at radius 3 is 2.84 bits per heavy atom. The van der Waals surface area contributed by atoms with Crippen LogP contribution in [0.2, 0.25) is 5.15 Å². The summed E-state index contributed by atoms with van der Waals surface area (Å²) in [7, 11) is 0. The first kappa shape index (κ1) is 14.0. The number of rotatable bonds is 3. The Kier molecular flexibility index (Phi) is 4.17. The SMILES string of the molecule is O=C(Cc1ccc(Br)c(O)c1F)c1cccnc1Cl. The van der Waals surface area contributed by atoms with Crippen LogP contribution in [-0.2, 0) is 6.42 Å². The van der Waals surface area contributed by atoms with E-state index in [1.165, 1.54) is 24.4 Å². The fraction of sp³-hybridized carbons (Fsp3) is 0.0769. The quantitative estimate of drug-likeness (QED) is 0.681. The van der Waals surface area contributed by atoms with Crippen molar-refractivity contribution >= 4 is 33.3 Å². The number of carbonyl (C=O) groups is 1. The summed E-state index contributed by atoms with van der Waals surface area (Å²) in [5, 5.41) is 9.53. The van der Waals surface area contributed by atoms with Gasteiger partial charge in [-0.3, -0.25) is 4.79 Å². The van der Waals surface area contributed by atoms with E-state index in [0.29, 0.717) is 0 Å². The Morgan fingerprint density at radius 1 is 1.42 bits per heavy atom. The average molecular weight is 345 g/mol. The van der Waals surface area contributed by atoms with E-state index < -0.39 is 11.6 Å². The van der Waals surface area contributed by atoms with Crippen molar-refractivity contribution in [2.75, 3.05) is 0 Å². The van der Waals surface area contributed by atoms with Gasteiger partial charge in [-0.2, -0.15) is 0 Å². The number of benzene rings is 1. The maximum atomic E-state index is 13.8. The molecule has 19 heavy (non-hydrogen) atoms. The van der Waals surface area contributed by atoms with E-state index in [1.807, 2.05) is 0 Å². The molecule has 98 valence electrons. The number of Topliss-reactive ketones (excluding diaryl/α,β-unsaturated/α-hetero) is 1. The predicted octanol–water partition coefficient (Wildman–Crippen LogP) is 3.77. The van der Waals surface area contributed by atoms with Gasteiger partial charge in [-0.15, -0.1) is 0 Å². The molecular formula is C13H8BrClFNO2. The van der Waals surface area contributed by atoms with Gasteiger partial charge in [0.2, 0.25) is 0 Å². The highest BCUT2D eigenvalue weighted by Crippen LogP contribution is 2.29. The van der Waals surface area contributed by atoms with Crippen LogP contribution in [0.5, 0.6) is 5.75 Å². The molecule has 0 aliphatic rings. The molecule has 3 nitrogen and oxygen atoms in total. The lowest BCUT2D eigenvalue weighted by molar-refractivity contribution is 0.0991. The molecule has 0 spiro atoms. The van der Waals surface area contributed by atoms with Crippen LogP contribution < -0.4 is 0 Å². The zero-order valence-corrected chi connectivity index (χ0v) is 11.9. The van der Waals surface area contributed by atoms with E-state index >= 15 is 0 Å². The van der Waals surface area contributed by atoms with E-state index in [0.717, 1.165) is 0 Å². The number of ketones is 1. The molecule has 0 radical (unpaired) electrons. The molecule has 2 rings (SSSR count). The molecule has 0 atom stereocenters. The van der Waals surface area contributed by atoms with Gasteiger partial charge in [-0.1, -0.05) is 17.7 Å². The Balaban J connectivity index is 2.30. The van der Waals surface area contributed by atoms with Crippen molar-refractivity contribution in [1.29, 1.82) is 0 Å². The van der Waals surface area contributed by atoms with E-state index in [-0.39, 0.29) is 33.0 Å². The van der Waals surface area contributed by atoms with Gasteiger partial charge in [0.15, 0.2) is 17.3 Å². The summed E-state index contributed by atoms with van der Waals surface area (Å²) in [6.07, 6.45) is 1.27. The van der Waals surface area contributed by atoms with Crippen LogP contribution in [0.3, 0.4) is 0 Å². The second-order valence-electron chi connectivity index (χ2n) is 3.81. The summed E-state index contributed by atoms with van der Waals surface area (Å²) in [5.41, 5.74) is 0.330. The van der Waals surface area contributed by atoms with Gasteiger partial charge < -0.3 is 5.11 Å². The first-order chi connectivity index (χ1) is 9.00. The number of phenolic OH excluding ortho intramolecular Hbond substituents is 1. The summed E-state index contributed by atoms with van der Waals surface area (Å²) < 4.78 is 14.0. The Morgan fingerprint density at radius 2 is 2.16 bits per heavy atom.